The Bertz CT molecular complexity index is 578. The molecule has 2 rings (SSSR count). The molecule has 0 saturated heterocycles. The van der Waals surface area contributed by atoms with E-state index in [2.05, 4.69) is 31.3 Å². The third kappa shape index (κ3) is 3.20. The Kier molecular flexibility index (Phi) is 4.79. The standard InChI is InChI=1S/C17H19ClFN/c1-11(2)12-4-6-13(7-5-12)17(20-3)15-9-8-14(18)10-16(15)19/h4-11,17,20H,1-3H3. The van der Waals surface area contributed by atoms with Gasteiger partial charge in [-0.2, -0.15) is 0 Å². The minimum Gasteiger partial charge on any atom is -0.309 e. The Labute approximate surface area is 124 Å². The van der Waals surface area contributed by atoms with Gasteiger partial charge in [-0.1, -0.05) is 55.8 Å². The van der Waals surface area contributed by atoms with Crippen LogP contribution in [0.3, 0.4) is 0 Å². The molecule has 0 saturated carbocycles. The van der Waals surface area contributed by atoms with Crippen LogP contribution < -0.4 is 5.32 Å². The van der Waals surface area contributed by atoms with Gasteiger partial charge in [0.25, 0.3) is 0 Å². The second kappa shape index (κ2) is 6.38. The Morgan fingerprint density at radius 3 is 2.10 bits per heavy atom. The third-order valence-corrected chi connectivity index (χ3v) is 3.73. The molecule has 1 N–H and O–H groups in total. The molecule has 0 heterocycles. The summed E-state index contributed by atoms with van der Waals surface area (Å²) >= 11 is 5.81. The van der Waals surface area contributed by atoms with Gasteiger partial charge in [-0.15, -0.1) is 0 Å². The van der Waals surface area contributed by atoms with Gasteiger partial charge in [0.1, 0.15) is 5.82 Å². The predicted octanol–water partition coefficient (Wildman–Crippen LogP) is 4.91. The Morgan fingerprint density at radius 1 is 1.00 bits per heavy atom. The maximum absolute atomic E-state index is 14.1. The molecule has 1 atom stereocenters. The van der Waals surface area contributed by atoms with E-state index in [9.17, 15) is 4.39 Å². The fourth-order valence-electron chi connectivity index (χ4n) is 2.31. The fourth-order valence-corrected chi connectivity index (χ4v) is 2.47. The van der Waals surface area contributed by atoms with Crippen molar-refractivity contribution in [2.45, 2.75) is 25.8 Å². The van der Waals surface area contributed by atoms with Crippen molar-refractivity contribution in [3.05, 3.63) is 70.0 Å². The molecule has 20 heavy (non-hydrogen) atoms. The Hall–Kier alpha value is -1.38. The summed E-state index contributed by atoms with van der Waals surface area (Å²) in [4.78, 5) is 0. The van der Waals surface area contributed by atoms with Crippen molar-refractivity contribution < 1.29 is 4.39 Å². The van der Waals surface area contributed by atoms with Crippen LogP contribution in [0.5, 0.6) is 0 Å². The number of rotatable bonds is 4. The summed E-state index contributed by atoms with van der Waals surface area (Å²) in [5.74, 6) is 0.203. The summed E-state index contributed by atoms with van der Waals surface area (Å²) in [5.41, 5.74) is 2.92. The SMILES string of the molecule is CNC(c1ccc(C(C)C)cc1)c1ccc(Cl)cc1F. The number of hydrogen-bond acceptors (Lipinski definition) is 1. The fraction of sp³-hybridized carbons (Fsp3) is 0.294. The molecule has 106 valence electrons. The van der Waals surface area contributed by atoms with Crippen LogP contribution in [-0.4, -0.2) is 7.05 Å². The molecule has 0 aliphatic carbocycles. The summed E-state index contributed by atoms with van der Waals surface area (Å²) in [6, 6.07) is 12.9. The van der Waals surface area contributed by atoms with Crippen molar-refractivity contribution in [2.75, 3.05) is 7.05 Å². The molecular weight excluding hydrogens is 273 g/mol. The summed E-state index contributed by atoms with van der Waals surface area (Å²) in [5, 5.41) is 3.57. The normalized spacial score (nSPS) is 12.7. The minimum atomic E-state index is -0.287. The number of benzene rings is 2. The lowest BCUT2D eigenvalue weighted by molar-refractivity contribution is 0.576. The first kappa shape index (κ1) is 15.0. The molecule has 0 radical (unpaired) electrons. The Morgan fingerprint density at radius 2 is 1.60 bits per heavy atom. The molecular formula is C17H19ClFN. The molecule has 0 spiro atoms. The van der Waals surface area contributed by atoms with Gasteiger partial charge >= 0.3 is 0 Å². The largest absolute Gasteiger partial charge is 0.309 e. The van der Waals surface area contributed by atoms with E-state index in [1.807, 2.05) is 19.2 Å². The van der Waals surface area contributed by atoms with Crippen LogP contribution in [0.2, 0.25) is 5.02 Å². The lowest BCUT2D eigenvalue weighted by Gasteiger charge is -2.19. The molecule has 0 fully saturated rings. The van der Waals surface area contributed by atoms with Crippen LogP contribution in [0, 0.1) is 5.82 Å². The highest BCUT2D eigenvalue weighted by Gasteiger charge is 2.16. The maximum atomic E-state index is 14.1. The molecule has 1 nitrogen and oxygen atoms in total. The van der Waals surface area contributed by atoms with Gasteiger partial charge in [-0.3, -0.25) is 0 Å². The van der Waals surface area contributed by atoms with Crippen LogP contribution in [0.25, 0.3) is 0 Å². The molecule has 2 aromatic carbocycles. The zero-order valence-corrected chi connectivity index (χ0v) is 12.7. The number of halogens is 2. The summed E-state index contributed by atoms with van der Waals surface area (Å²) in [6.45, 7) is 4.31. The van der Waals surface area contributed by atoms with Gasteiger partial charge < -0.3 is 5.32 Å². The predicted molar refractivity (Wildman–Crippen MR) is 82.8 cm³/mol. The van der Waals surface area contributed by atoms with Crippen molar-refractivity contribution >= 4 is 11.6 Å². The van der Waals surface area contributed by atoms with Crippen molar-refractivity contribution in [1.29, 1.82) is 0 Å². The average Bonchev–Trinajstić information content (AvgIpc) is 2.42. The number of hydrogen-bond donors (Lipinski definition) is 1. The van der Waals surface area contributed by atoms with Gasteiger partial charge in [0, 0.05) is 10.6 Å². The highest BCUT2D eigenvalue weighted by atomic mass is 35.5. The molecule has 0 bridgehead atoms. The lowest BCUT2D eigenvalue weighted by atomic mass is 9.95. The van der Waals surface area contributed by atoms with E-state index in [-0.39, 0.29) is 11.9 Å². The van der Waals surface area contributed by atoms with Crippen molar-refractivity contribution in [3.63, 3.8) is 0 Å². The van der Waals surface area contributed by atoms with Gasteiger partial charge in [0.15, 0.2) is 0 Å². The smallest absolute Gasteiger partial charge is 0.129 e. The van der Waals surface area contributed by atoms with E-state index < -0.39 is 0 Å². The van der Waals surface area contributed by atoms with Crippen LogP contribution in [0.1, 0.15) is 42.5 Å². The van der Waals surface area contributed by atoms with E-state index in [0.29, 0.717) is 16.5 Å². The molecule has 1 unspecified atom stereocenters. The summed E-state index contributed by atoms with van der Waals surface area (Å²) in [6.07, 6.45) is 0. The summed E-state index contributed by atoms with van der Waals surface area (Å²) < 4.78 is 14.1. The second-order valence-corrected chi connectivity index (χ2v) is 5.65. The van der Waals surface area contributed by atoms with E-state index in [0.717, 1.165) is 5.56 Å². The zero-order valence-electron chi connectivity index (χ0n) is 12.0. The average molecular weight is 292 g/mol. The molecule has 0 aromatic heterocycles. The first-order valence-electron chi connectivity index (χ1n) is 6.75. The van der Waals surface area contributed by atoms with Crippen molar-refractivity contribution in [3.8, 4) is 0 Å². The van der Waals surface area contributed by atoms with E-state index in [1.54, 1.807) is 12.1 Å². The molecule has 3 heteroatoms. The molecule has 0 aliphatic rings. The van der Waals surface area contributed by atoms with Gasteiger partial charge in [-0.05, 0) is 36.2 Å². The van der Waals surface area contributed by atoms with E-state index >= 15 is 0 Å². The van der Waals surface area contributed by atoms with Crippen LogP contribution >= 0.6 is 11.6 Å². The van der Waals surface area contributed by atoms with Crippen molar-refractivity contribution in [2.24, 2.45) is 0 Å². The van der Waals surface area contributed by atoms with E-state index in [1.165, 1.54) is 11.6 Å². The summed E-state index contributed by atoms with van der Waals surface area (Å²) in [7, 11) is 1.83. The lowest BCUT2D eigenvalue weighted by Crippen LogP contribution is -2.19. The minimum absolute atomic E-state index is 0.173. The van der Waals surface area contributed by atoms with E-state index in [4.69, 9.17) is 11.6 Å². The topological polar surface area (TPSA) is 12.0 Å². The van der Waals surface area contributed by atoms with Gasteiger partial charge in [0.2, 0.25) is 0 Å². The van der Waals surface area contributed by atoms with Crippen LogP contribution in [0.4, 0.5) is 4.39 Å². The zero-order chi connectivity index (χ0) is 14.7. The van der Waals surface area contributed by atoms with Gasteiger partial charge in [-0.25, -0.2) is 4.39 Å². The first-order valence-corrected chi connectivity index (χ1v) is 7.12. The quantitative estimate of drug-likeness (QED) is 0.844. The van der Waals surface area contributed by atoms with Crippen LogP contribution in [0.15, 0.2) is 42.5 Å². The monoisotopic (exact) mass is 291 g/mol. The molecule has 0 aliphatic heterocycles. The third-order valence-electron chi connectivity index (χ3n) is 3.50. The molecule has 0 amide bonds. The first-order chi connectivity index (χ1) is 9.52. The van der Waals surface area contributed by atoms with Crippen molar-refractivity contribution in [1.82, 2.24) is 5.32 Å². The highest BCUT2D eigenvalue weighted by Crippen LogP contribution is 2.27. The Balaban J connectivity index is 2.36. The second-order valence-electron chi connectivity index (χ2n) is 5.21. The highest BCUT2D eigenvalue weighted by molar-refractivity contribution is 6.30. The maximum Gasteiger partial charge on any atom is 0.129 e. The molecule has 2 aromatic rings. The van der Waals surface area contributed by atoms with Gasteiger partial charge in [0.05, 0.1) is 6.04 Å². The van der Waals surface area contributed by atoms with Crippen LogP contribution in [-0.2, 0) is 0 Å². The number of nitrogens with one attached hydrogen (secondary N) is 1.